The Hall–Kier alpha value is -2.55. The zero-order valence-electron chi connectivity index (χ0n) is 14.5. The van der Waals surface area contributed by atoms with Crippen molar-refractivity contribution in [3.05, 3.63) is 66.4 Å². The minimum absolute atomic E-state index is 0.0382. The summed E-state index contributed by atoms with van der Waals surface area (Å²) in [6.45, 7) is 7.23. The van der Waals surface area contributed by atoms with Gasteiger partial charge < -0.3 is 9.88 Å². The van der Waals surface area contributed by atoms with Crippen LogP contribution in [0.5, 0.6) is 0 Å². The van der Waals surface area contributed by atoms with E-state index in [9.17, 15) is 4.79 Å². The Balaban J connectivity index is 1.60. The smallest absolute Gasteiger partial charge is 0.226 e. The summed E-state index contributed by atoms with van der Waals surface area (Å²) in [6.07, 6.45) is 2.50. The second-order valence-corrected chi connectivity index (χ2v) is 7.19. The summed E-state index contributed by atoms with van der Waals surface area (Å²) in [5.74, 6) is 0.0382. The molecule has 0 spiro atoms. The van der Waals surface area contributed by atoms with Crippen molar-refractivity contribution in [2.75, 3.05) is 5.32 Å². The second kappa shape index (κ2) is 6.52. The van der Waals surface area contributed by atoms with Crippen molar-refractivity contribution in [1.29, 1.82) is 0 Å². The zero-order valence-corrected chi connectivity index (χ0v) is 14.5. The summed E-state index contributed by atoms with van der Waals surface area (Å²) in [7, 11) is 0. The van der Waals surface area contributed by atoms with Crippen molar-refractivity contribution in [3.63, 3.8) is 0 Å². The fourth-order valence-electron chi connectivity index (χ4n) is 2.83. The molecule has 0 saturated heterocycles. The Morgan fingerprint density at radius 1 is 1.00 bits per heavy atom. The van der Waals surface area contributed by atoms with Gasteiger partial charge in [-0.25, -0.2) is 0 Å². The number of carbonyl (C=O) groups excluding carboxylic acids is 1. The molecule has 0 aliphatic rings. The van der Waals surface area contributed by atoms with E-state index in [0.717, 1.165) is 5.69 Å². The number of anilines is 1. The monoisotopic (exact) mass is 320 g/mol. The van der Waals surface area contributed by atoms with Gasteiger partial charge in [-0.1, -0.05) is 51.1 Å². The topological polar surface area (TPSA) is 34.0 Å². The van der Waals surface area contributed by atoms with Gasteiger partial charge in [-0.15, -0.1) is 0 Å². The van der Waals surface area contributed by atoms with Gasteiger partial charge in [0.25, 0.3) is 0 Å². The lowest BCUT2D eigenvalue weighted by atomic mass is 9.87. The molecule has 1 aromatic heterocycles. The predicted molar refractivity (Wildman–Crippen MR) is 100 cm³/mol. The average molecular weight is 320 g/mol. The molecule has 3 rings (SSSR count). The number of para-hydroxylation sites is 1. The molecule has 0 aliphatic carbocycles. The van der Waals surface area contributed by atoms with Gasteiger partial charge in [0.2, 0.25) is 5.91 Å². The van der Waals surface area contributed by atoms with E-state index in [0.29, 0.717) is 13.0 Å². The maximum Gasteiger partial charge on any atom is 0.226 e. The molecular formula is C21H24N2O. The third kappa shape index (κ3) is 3.67. The number of rotatable bonds is 4. The molecule has 3 heteroatoms. The van der Waals surface area contributed by atoms with Crippen LogP contribution in [0.25, 0.3) is 10.9 Å². The van der Waals surface area contributed by atoms with Gasteiger partial charge in [0, 0.05) is 30.4 Å². The summed E-state index contributed by atoms with van der Waals surface area (Å²) in [4.78, 5) is 12.2. The molecule has 2 aromatic carbocycles. The lowest BCUT2D eigenvalue weighted by molar-refractivity contribution is -0.116. The van der Waals surface area contributed by atoms with Crippen LogP contribution in [-0.2, 0) is 16.8 Å². The number of amides is 1. The van der Waals surface area contributed by atoms with E-state index in [1.807, 2.05) is 30.5 Å². The van der Waals surface area contributed by atoms with Gasteiger partial charge in [0.15, 0.2) is 0 Å². The number of hydrogen-bond acceptors (Lipinski definition) is 1. The third-order valence-corrected chi connectivity index (χ3v) is 4.29. The maximum absolute atomic E-state index is 12.2. The van der Waals surface area contributed by atoms with E-state index < -0.39 is 0 Å². The van der Waals surface area contributed by atoms with Gasteiger partial charge in [-0.05, 0) is 40.6 Å². The van der Waals surface area contributed by atoms with Crippen LogP contribution in [0.1, 0.15) is 32.8 Å². The van der Waals surface area contributed by atoms with Crippen LogP contribution < -0.4 is 5.32 Å². The molecule has 24 heavy (non-hydrogen) atoms. The molecule has 1 amide bonds. The number of benzene rings is 2. The molecule has 1 N–H and O–H groups in total. The first-order chi connectivity index (χ1) is 11.4. The Kier molecular flexibility index (Phi) is 4.43. The summed E-state index contributed by atoms with van der Waals surface area (Å²) < 4.78 is 2.12. The summed E-state index contributed by atoms with van der Waals surface area (Å²) in [6, 6.07) is 18.4. The molecule has 124 valence electrons. The van der Waals surface area contributed by atoms with Gasteiger partial charge in [-0.2, -0.15) is 0 Å². The van der Waals surface area contributed by atoms with Crippen LogP contribution in [-0.4, -0.2) is 10.5 Å². The Morgan fingerprint density at radius 2 is 1.71 bits per heavy atom. The number of nitrogens with zero attached hydrogens (tertiary/aromatic N) is 1. The molecule has 3 nitrogen and oxygen atoms in total. The highest BCUT2D eigenvalue weighted by molar-refractivity contribution is 5.90. The highest BCUT2D eigenvalue weighted by Gasteiger charge is 2.13. The van der Waals surface area contributed by atoms with E-state index in [1.165, 1.54) is 16.5 Å². The highest BCUT2D eigenvalue weighted by Crippen LogP contribution is 2.23. The second-order valence-electron chi connectivity index (χ2n) is 7.19. The SMILES string of the molecule is CC(C)(C)c1ccc(NC(=O)CCn2ccc3ccccc32)cc1. The van der Waals surface area contributed by atoms with Crippen LogP contribution in [0, 0.1) is 0 Å². The van der Waals surface area contributed by atoms with Crippen molar-refractivity contribution < 1.29 is 4.79 Å². The first-order valence-electron chi connectivity index (χ1n) is 8.38. The van der Waals surface area contributed by atoms with E-state index in [2.05, 4.69) is 61.0 Å². The number of aryl methyl sites for hydroxylation is 1. The molecule has 0 unspecified atom stereocenters. The average Bonchev–Trinajstić information content (AvgIpc) is 2.96. The predicted octanol–water partition coefficient (Wildman–Crippen LogP) is 4.97. The molecule has 0 fully saturated rings. The maximum atomic E-state index is 12.2. The van der Waals surface area contributed by atoms with Crippen LogP contribution in [0.4, 0.5) is 5.69 Å². The molecule has 3 aromatic rings. The third-order valence-electron chi connectivity index (χ3n) is 4.29. The van der Waals surface area contributed by atoms with Gasteiger partial charge in [0.05, 0.1) is 0 Å². The van der Waals surface area contributed by atoms with Crippen molar-refractivity contribution >= 4 is 22.5 Å². The number of fused-ring (bicyclic) bond motifs is 1. The molecule has 0 atom stereocenters. The minimum atomic E-state index is 0.0382. The summed E-state index contributed by atoms with van der Waals surface area (Å²) >= 11 is 0. The zero-order chi connectivity index (χ0) is 17.2. The fraction of sp³-hybridized carbons (Fsp3) is 0.286. The van der Waals surface area contributed by atoms with E-state index in [4.69, 9.17) is 0 Å². The largest absolute Gasteiger partial charge is 0.347 e. The van der Waals surface area contributed by atoms with Crippen molar-refractivity contribution in [2.24, 2.45) is 0 Å². The van der Waals surface area contributed by atoms with E-state index >= 15 is 0 Å². The normalized spacial score (nSPS) is 11.6. The van der Waals surface area contributed by atoms with Crippen molar-refractivity contribution in [2.45, 2.75) is 39.2 Å². The van der Waals surface area contributed by atoms with Crippen LogP contribution in [0.2, 0.25) is 0 Å². The first-order valence-corrected chi connectivity index (χ1v) is 8.38. The lowest BCUT2D eigenvalue weighted by Gasteiger charge is -2.19. The number of carbonyl (C=O) groups is 1. The molecule has 0 saturated carbocycles. The van der Waals surface area contributed by atoms with Crippen LogP contribution >= 0.6 is 0 Å². The van der Waals surface area contributed by atoms with Gasteiger partial charge in [0.1, 0.15) is 0 Å². The van der Waals surface area contributed by atoms with Gasteiger partial charge >= 0.3 is 0 Å². The molecule has 0 bridgehead atoms. The molecule has 1 heterocycles. The Bertz CT molecular complexity index is 838. The summed E-state index contributed by atoms with van der Waals surface area (Å²) in [5.41, 5.74) is 3.40. The number of aromatic nitrogens is 1. The highest BCUT2D eigenvalue weighted by atomic mass is 16.1. The molecule has 0 aliphatic heterocycles. The lowest BCUT2D eigenvalue weighted by Crippen LogP contribution is -2.15. The quantitative estimate of drug-likeness (QED) is 0.723. The minimum Gasteiger partial charge on any atom is -0.347 e. The number of hydrogen-bond donors (Lipinski definition) is 1. The van der Waals surface area contributed by atoms with Gasteiger partial charge in [-0.3, -0.25) is 4.79 Å². The summed E-state index contributed by atoms with van der Waals surface area (Å²) in [5, 5.41) is 4.18. The molecule has 0 radical (unpaired) electrons. The first kappa shape index (κ1) is 16.3. The van der Waals surface area contributed by atoms with Crippen molar-refractivity contribution in [3.8, 4) is 0 Å². The Morgan fingerprint density at radius 3 is 2.42 bits per heavy atom. The van der Waals surface area contributed by atoms with Crippen LogP contribution in [0.3, 0.4) is 0 Å². The standard InChI is InChI=1S/C21H24N2O/c1-21(2,3)17-8-10-18(11-9-17)22-20(24)13-15-23-14-12-16-6-4-5-7-19(16)23/h4-12,14H,13,15H2,1-3H3,(H,22,24). The van der Waals surface area contributed by atoms with Crippen LogP contribution in [0.15, 0.2) is 60.8 Å². The van der Waals surface area contributed by atoms with Crippen molar-refractivity contribution in [1.82, 2.24) is 4.57 Å². The fourth-order valence-corrected chi connectivity index (χ4v) is 2.83. The number of nitrogens with one attached hydrogen (secondary N) is 1. The molecular weight excluding hydrogens is 296 g/mol. The van der Waals surface area contributed by atoms with E-state index in [1.54, 1.807) is 0 Å². The van der Waals surface area contributed by atoms with E-state index in [-0.39, 0.29) is 11.3 Å². The Labute approximate surface area is 143 Å².